The van der Waals surface area contributed by atoms with Gasteiger partial charge in [-0.1, -0.05) is 30.0 Å². The van der Waals surface area contributed by atoms with Gasteiger partial charge in [0.1, 0.15) is 0 Å². The molecular weight excluding hydrogens is 328 g/mol. The number of benzene rings is 1. The van der Waals surface area contributed by atoms with E-state index >= 15 is 0 Å². The molecule has 2 aromatic rings. The van der Waals surface area contributed by atoms with Gasteiger partial charge in [0.25, 0.3) is 5.91 Å². The number of hydrogen-bond acceptors (Lipinski definition) is 4. The third kappa shape index (κ3) is 2.77. The highest BCUT2D eigenvalue weighted by Gasteiger charge is 2.49. The van der Waals surface area contributed by atoms with Gasteiger partial charge in [0.15, 0.2) is 4.75 Å². The van der Waals surface area contributed by atoms with Crippen LogP contribution in [0.4, 0.5) is 5.69 Å². The molecule has 0 fully saturated rings. The third-order valence-electron chi connectivity index (χ3n) is 3.98. The molecule has 1 aromatic heterocycles. The zero-order valence-corrected chi connectivity index (χ0v) is 14.9. The van der Waals surface area contributed by atoms with Crippen molar-refractivity contribution in [2.75, 3.05) is 19.0 Å². The van der Waals surface area contributed by atoms with Crippen LogP contribution in [-0.2, 0) is 16.1 Å². The molecule has 23 heavy (non-hydrogen) atoms. The largest absolute Gasteiger partial charge is 0.339 e. The predicted octanol–water partition coefficient (Wildman–Crippen LogP) is 3.23. The van der Waals surface area contributed by atoms with Crippen molar-refractivity contribution in [2.45, 2.75) is 23.1 Å². The number of thiophene rings is 1. The Labute approximate surface area is 144 Å². The Balaban J connectivity index is 1.88. The monoisotopic (exact) mass is 346 g/mol. The molecule has 6 heteroatoms. The molecule has 0 saturated carbocycles. The molecule has 1 aromatic carbocycles. The standard InChI is InChI=1S/C17H18N2O2S2/c1-17(15(20)18(2)11-12-7-6-10-22-12)16(21)19(3)13-8-4-5-9-14(13)23-17/h4-10H,11H2,1-3H3/t17-/m0/s1. The van der Waals surface area contributed by atoms with E-state index < -0.39 is 4.75 Å². The van der Waals surface area contributed by atoms with Gasteiger partial charge in [-0.05, 0) is 30.5 Å². The van der Waals surface area contributed by atoms with E-state index in [2.05, 4.69) is 0 Å². The van der Waals surface area contributed by atoms with Crippen molar-refractivity contribution in [3.8, 4) is 0 Å². The number of nitrogens with zero attached hydrogens (tertiary/aromatic N) is 2. The Kier molecular flexibility index (Phi) is 4.21. The van der Waals surface area contributed by atoms with Crippen molar-refractivity contribution < 1.29 is 9.59 Å². The summed E-state index contributed by atoms with van der Waals surface area (Å²) in [4.78, 5) is 31.1. The van der Waals surface area contributed by atoms with Crippen molar-refractivity contribution in [3.63, 3.8) is 0 Å². The lowest BCUT2D eigenvalue weighted by atomic mass is 10.1. The van der Waals surface area contributed by atoms with Crippen molar-refractivity contribution in [3.05, 3.63) is 46.7 Å². The van der Waals surface area contributed by atoms with Crippen LogP contribution in [0.15, 0.2) is 46.7 Å². The average Bonchev–Trinajstić information content (AvgIpc) is 3.05. The number of rotatable bonds is 3. The van der Waals surface area contributed by atoms with Crippen molar-refractivity contribution in [1.29, 1.82) is 0 Å². The van der Waals surface area contributed by atoms with Gasteiger partial charge in [0, 0.05) is 23.9 Å². The molecule has 1 aliphatic heterocycles. The summed E-state index contributed by atoms with van der Waals surface area (Å²) in [5.41, 5.74) is 0.855. The topological polar surface area (TPSA) is 40.6 Å². The highest BCUT2D eigenvalue weighted by Crippen LogP contribution is 2.45. The molecule has 3 rings (SSSR count). The van der Waals surface area contributed by atoms with E-state index in [9.17, 15) is 9.59 Å². The van der Waals surface area contributed by atoms with E-state index in [1.54, 1.807) is 42.2 Å². The molecule has 0 spiro atoms. The summed E-state index contributed by atoms with van der Waals surface area (Å²) in [5, 5.41) is 1.99. The highest BCUT2D eigenvalue weighted by molar-refractivity contribution is 8.02. The van der Waals surface area contributed by atoms with E-state index in [4.69, 9.17) is 0 Å². The summed E-state index contributed by atoms with van der Waals surface area (Å²) in [6.45, 7) is 2.24. The van der Waals surface area contributed by atoms with E-state index in [-0.39, 0.29) is 11.8 Å². The van der Waals surface area contributed by atoms with Crippen LogP contribution in [0, 0.1) is 0 Å². The minimum Gasteiger partial charge on any atom is -0.339 e. The second-order valence-corrected chi connectivity index (χ2v) is 8.20. The van der Waals surface area contributed by atoms with Gasteiger partial charge in [-0.3, -0.25) is 9.59 Å². The molecular formula is C17H18N2O2S2. The van der Waals surface area contributed by atoms with E-state index in [0.717, 1.165) is 15.5 Å². The van der Waals surface area contributed by atoms with Gasteiger partial charge in [-0.2, -0.15) is 0 Å². The Bertz CT molecular complexity index is 745. The molecule has 0 bridgehead atoms. The third-order valence-corrected chi connectivity index (χ3v) is 6.17. The van der Waals surface area contributed by atoms with Gasteiger partial charge in [0.05, 0.1) is 12.2 Å². The molecule has 2 amide bonds. The highest BCUT2D eigenvalue weighted by atomic mass is 32.2. The Hall–Kier alpha value is -1.79. The van der Waals surface area contributed by atoms with Crippen LogP contribution in [0.5, 0.6) is 0 Å². The maximum absolute atomic E-state index is 13.0. The predicted molar refractivity (Wildman–Crippen MR) is 94.9 cm³/mol. The molecule has 120 valence electrons. The van der Waals surface area contributed by atoms with E-state index in [1.807, 2.05) is 41.8 Å². The second-order valence-electron chi connectivity index (χ2n) is 5.71. The summed E-state index contributed by atoms with van der Waals surface area (Å²) in [6.07, 6.45) is 0. The number of hydrogen-bond donors (Lipinski definition) is 0. The first-order valence-corrected chi connectivity index (χ1v) is 8.97. The van der Waals surface area contributed by atoms with Crippen LogP contribution < -0.4 is 4.90 Å². The van der Waals surface area contributed by atoms with Gasteiger partial charge in [0.2, 0.25) is 5.91 Å². The van der Waals surface area contributed by atoms with E-state index in [1.165, 1.54) is 11.8 Å². The van der Waals surface area contributed by atoms with E-state index in [0.29, 0.717) is 6.54 Å². The fraction of sp³-hybridized carbons (Fsp3) is 0.294. The maximum Gasteiger partial charge on any atom is 0.252 e. The van der Waals surface area contributed by atoms with Gasteiger partial charge in [-0.15, -0.1) is 11.3 Å². The molecule has 2 heterocycles. The molecule has 0 N–H and O–H groups in total. The Morgan fingerprint density at radius 2 is 2.00 bits per heavy atom. The maximum atomic E-state index is 13.0. The number of para-hydroxylation sites is 1. The van der Waals surface area contributed by atoms with Crippen LogP contribution in [0.3, 0.4) is 0 Å². The van der Waals surface area contributed by atoms with Crippen LogP contribution >= 0.6 is 23.1 Å². The van der Waals surface area contributed by atoms with Gasteiger partial charge < -0.3 is 9.80 Å². The van der Waals surface area contributed by atoms with Crippen LogP contribution in [0.1, 0.15) is 11.8 Å². The molecule has 1 atom stereocenters. The number of amides is 2. The second kappa shape index (κ2) is 6.02. The Morgan fingerprint density at radius 1 is 1.26 bits per heavy atom. The fourth-order valence-electron chi connectivity index (χ4n) is 2.72. The van der Waals surface area contributed by atoms with Crippen molar-refractivity contribution >= 4 is 40.6 Å². The molecule has 0 radical (unpaired) electrons. The summed E-state index contributed by atoms with van der Waals surface area (Å²) < 4.78 is -1.13. The summed E-state index contributed by atoms with van der Waals surface area (Å²) in [5.74, 6) is -0.341. The summed E-state index contributed by atoms with van der Waals surface area (Å²) in [7, 11) is 3.48. The first-order valence-electron chi connectivity index (χ1n) is 7.27. The lowest BCUT2D eigenvalue weighted by Crippen LogP contribution is -2.55. The zero-order chi connectivity index (χ0) is 16.6. The molecule has 0 unspecified atom stereocenters. The number of thioether (sulfide) groups is 1. The number of anilines is 1. The Morgan fingerprint density at radius 3 is 2.70 bits per heavy atom. The lowest BCUT2D eigenvalue weighted by molar-refractivity contribution is -0.137. The summed E-state index contributed by atoms with van der Waals surface area (Å²) in [6, 6.07) is 11.6. The molecule has 4 nitrogen and oxygen atoms in total. The molecule has 0 aliphatic carbocycles. The number of carbonyl (C=O) groups excluding carboxylic acids is 2. The van der Waals surface area contributed by atoms with Gasteiger partial charge in [-0.25, -0.2) is 0 Å². The molecule has 0 saturated heterocycles. The number of fused-ring (bicyclic) bond motifs is 1. The lowest BCUT2D eigenvalue weighted by Gasteiger charge is -2.38. The quantitative estimate of drug-likeness (QED) is 0.801. The number of carbonyl (C=O) groups is 2. The smallest absolute Gasteiger partial charge is 0.252 e. The van der Waals surface area contributed by atoms with Crippen molar-refractivity contribution in [2.24, 2.45) is 0 Å². The van der Waals surface area contributed by atoms with Crippen LogP contribution in [-0.4, -0.2) is 35.6 Å². The zero-order valence-electron chi connectivity index (χ0n) is 13.3. The minimum absolute atomic E-state index is 0.165. The molecule has 1 aliphatic rings. The fourth-order valence-corrected chi connectivity index (χ4v) is 4.84. The van der Waals surface area contributed by atoms with Crippen LogP contribution in [0.25, 0.3) is 0 Å². The minimum atomic E-state index is -1.13. The first kappa shape index (κ1) is 16.1. The van der Waals surface area contributed by atoms with Crippen LogP contribution in [0.2, 0.25) is 0 Å². The average molecular weight is 346 g/mol. The normalized spacial score (nSPS) is 20.3. The van der Waals surface area contributed by atoms with Gasteiger partial charge >= 0.3 is 0 Å². The summed E-state index contributed by atoms with van der Waals surface area (Å²) >= 11 is 2.95. The SMILES string of the molecule is CN(Cc1cccs1)C(=O)[C@]1(C)Sc2ccccc2N(C)C1=O. The van der Waals surface area contributed by atoms with Crippen molar-refractivity contribution in [1.82, 2.24) is 4.90 Å². The first-order chi connectivity index (χ1) is 10.9.